The molecule has 0 aliphatic rings. The molecule has 0 saturated carbocycles. The molecule has 1 rings (SSSR count). The molecule has 0 aliphatic carbocycles. The first kappa shape index (κ1) is 15.8. The smallest absolute Gasteiger partial charge is 0.203 e. The van der Waals surface area contributed by atoms with E-state index in [2.05, 4.69) is 0 Å². The van der Waals surface area contributed by atoms with Crippen LogP contribution in [-0.2, 0) is 0 Å². The van der Waals surface area contributed by atoms with Gasteiger partial charge in [0.1, 0.15) is 0 Å². The summed E-state index contributed by atoms with van der Waals surface area (Å²) >= 11 is 0. The van der Waals surface area contributed by atoms with Crippen molar-refractivity contribution in [2.75, 3.05) is 27.9 Å². The molecule has 98 valence electrons. The van der Waals surface area contributed by atoms with Gasteiger partial charge in [0.25, 0.3) is 0 Å². The van der Waals surface area contributed by atoms with Crippen LogP contribution < -0.4 is 25.7 Å². The van der Waals surface area contributed by atoms with Gasteiger partial charge in [0.15, 0.2) is 11.5 Å². The molecule has 6 heteroatoms. The maximum atomic E-state index is 5.88. The van der Waals surface area contributed by atoms with Crippen LogP contribution in [0.2, 0.25) is 0 Å². The van der Waals surface area contributed by atoms with E-state index in [0.717, 1.165) is 5.56 Å². The molecule has 0 aromatic heterocycles. The Kier molecular flexibility index (Phi) is 6.72. The number of halogens is 1. The average Bonchev–Trinajstić information content (AvgIpc) is 2.35. The van der Waals surface area contributed by atoms with Gasteiger partial charge < -0.3 is 25.7 Å². The lowest BCUT2D eigenvalue weighted by atomic mass is 10.1. The molecule has 0 saturated heterocycles. The molecule has 0 unspecified atom stereocenters. The van der Waals surface area contributed by atoms with Crippen molar-refractivity contribution in [2.24, 2.45) is 11.5 Å². The fraction of sp³-hybridized carbons (Fsp3) is 0.455. The normalized spacial score (nSPS) is 11.4. The molecule has 1 aromatic carbocycles. The van der Waals surface area contributed by atoms with Crippen LogP contribution in [-0.4, -0.2) is 27.9 Å². The zero-order valence-corrected chi connectivity index (χ0v) is 11.0. The van der Waals surface area contributed by atoms with Crippen molar-refractivity contribution >= 4 is 12.4 Å². The van der Waals surface area contributed by atoms with Crippen LogP contribution in [0.15, 0.2) is 12.1 Å². The van der Waals surface area contributed by atoms with Crippen molar-refractivity contribution in [1.29, 1.82) is 0 Å². The summed E-state index contributed by atoms with van der Waals surface area (Å²) in [6, 6.07) is 3.33. The van der Waals surface area contributed by atoms with Crippen molar-refractivity contribution in [3.05, 3.63) is 17.7 Å². The Morgan fingerprint density at radius 1 is 1.06 bits per heavy atom. The minimum atomic E-state index is -0.283. The molecule has 0 fully saturated rings. The summed E-state index contributed by atoms with van der Waals surface area (Å²) in [7, 11) is 4.68. The molecule has 0 amide bonds. The number of rotatable bonds is 5. The van der Waals surface area contributed by atoms with Crippen LogP contribution in [0.25, 0.3) is 0 Å². The van der Waals surface area contributed by atoms with E-state index in [1.165, 1.54) is 0 Å². The second-order valence-electron chi connectivity index (χ2n) is 3.27. The quantitative estimate of drug-likeness (QED) is 0.830. The molecule has 1 atom stereocenters. The van der Waals surface area contributed by atoms with Crippen molar-refractivity contribution in [2.45, 2.75) is 6.04 Å². The zero-order chi connectivity index (χ0) is 12.1. The highest BCUT2D eigenvalue weighted by Gasteiger charge is 2.18. The Balaban J connectivity index is 0.00000256. The molecule has 4 N–H and O–H groups in total. The third-order valence-electron chi connectivity index (χ3n) is 2.39. The molecular weight excluding hydrogens is 244 g/mol. The lowest BCUT2D eigenvalue weighted by Gasteiger charge is -2.18. The fourth-order valence-corrected chi connectivity index (χ4v) is 1.54. The first-order valence-electron chi connectivity index (χ1n) is 4.94. The molecule has 0 aliphatic heterocycles. The standard InChI is InChI=1S/C11H18N2O3.ClH/c1-14-9-5-4-7(8(13)6-12)10(15-2)11(9)16-3;/h4-5,8H,6,12-13H2,1-3H3;1H/t8-;/m1./s1. The van der Waals surface area contributed by atoms with E-state index in [1.54, 1.807) is 27.4 Å². The van der Waals surface area contributed by atoms with E-state index in [4.69, 9.17) is 25.7 Å². The van der Waals surface area contributed by atoms with Crippen LogP contribution >= 0.6 is 12.4 Å². The SMILES string of the molecule is COc1ccc([C@H](N)CN)c(OC)c1OC.Cl. The molecule has 1 aromatic rings. The third-order valence-corrected chi connectivity index (χ3v) is 2.39. The average molecular weight is 263 g/mol. The van der Waals surface area contributed by atoms with Crippen LogP contribution in [0.3, 0.4) is 0 Å². The number of nitrogens with two attached hydrogens (primary N) is 2. The summed E-state index contributed by atoms with van der Waals surface area (Å²) in [6.07, 6.45) is 0. The fourth-order valence-electron chi connectivity index (χ4n) is 1.54. The summed E-state index contributed by atoms with van der Waals surface area (Å²) in [4.78, 5) is 0. The summed E-state index contributed by atoms with van der Waals surface area (Å²) in [5.41, 5.74) is 12.2. The Morgan fingerprint density at radius 3 is 2.06 bits per heavy atom. The van der Waals surface area contributed by atoms with Gasteiger partial charge in [-0.3, -0.25) is 0 Å². The first-order valence-corrected chi connectivity index (χ1v) is 4.94. The summed E-state index contributed by atoms with van der Waals surface area (Å²) in [5, 5.41) is 0. The highest BCUT2D eigenvalue weighted by molar-refractivity contribution is 5.85. The molecule has 5 nitrogen and oxygen atoms in total. The zero-order valence-electron chi connectivity index (χ0n) is 10.2. The second kappa shape index (κ2) is 7.21. The van der Waals surface area contributed by atoms with E-state index >= 15 is 0 Å². The molecule has 0 heterocycles. The van der Waals surface area contributed by atoms with Crippen LogP contribution in [0.4, 0.5) is 0 Å². The lowest BCUT2D eigenvalue weighted by molar-refractivity contribution is 0.321. The van der Waals surface area contributed by atoms with E-state index in [9.17, 15) is 0 Å². The maximum Gasteiger partial charge on any atom is 0.203 e. The number of hydrogen-bond donors (Lipinski definition) is 2. The van der Waals surface area contributed by atoms with Crippen molar-refractivity contribution < 1.29 is 14.2 Å². The molecule has 17 heavy (non-hydrogen) atoms. The molecule has 0 bridgehead atoms. The van der Waals surface area contributed by atoms with Gasteiger partial charge in [-0.1, -0.05) is 0 Å². The van der Waals surface area contributed by atoms with Gasteiger partial charge in [-0.2, -0.15) is 0 Å². The van der Waals surface area contributed by atoms with Gasteiger partial charge in [0, 0.05) is 18.2 Å². The maximum absolute atomic E-state index is 5.88. The second-order valence-corrected chi connectivity index (χ2v) is 3.27. The summed E-state index contributed by atoms with van der Waals surface area (Å²) in [5.74, 6) is 1.71. The minimum absolute atomic E-state index is 0. The van der Waals surface area contributed by atoms with Gasteiger partial charge in [0.05, 0.1) is 21.3 Å². The van der Waals surface area contributed by atoms with Crippen LogP contribution in [0.5, 0.6) is 17.2 Å². The summed E-state index contributed by atoms with van der Waals surface area (Å²) in [6.45, 7) is 0.339. The van der Waals surface area contributed by atoms with E-state index in [0.29, 0.717) is 23.8 Å². The monoisotopic (exact) mass is 262 g/mol. The van der Waals surface area contributed by atoms with Gasteiger partial charge >= 0.3 is 0 Å². The van der Waals surface area contributed by atoms with E-state index in [1.807, 2.05) is 6.07 Å². The number of benzene rings is 1. The van der Waals surface area contributed by atoms with Crippen LogP contribution in [0, 0.1) is 0 Å². The molecular formula is C11H19ClN2O3. The minimum Gasteiger partial charge on any atom is -0.493 e. The number of methoxy groups -OCH3 is 3. The number of ether oxygens (including phenoxy) is 3. The highest BCUT2D eigenvalue weighted by Crippen LogP contribution is 2.41. The largest absolute Gasteiger partial charge is 0.493 e. The molecule has 0 radical (unpaired) electrons. The Bertz CT molecular complexity index is 361. The third kappa shape index (κ3) is 3.15. The van der Waals surface area contributed by atoms with Crippen LogP contribution in [0.1, 0.15) is 11.6 Å². The Labute approximate surface area is 107 Å². The van der Waals surface area contributed by atoms with Crippen molar-refractivity contribution in [1.82, 2.24) is 0 Å². The van der Waals surface area contributed by atoms with Gasteiger partial charge in [-0.25, -0.2) is 0 Å². The van der Waals surface area contributed by atoms with Gasteiger partial charge in [-0.15, -0.1) is 12.4 Å². The molecule has 0 spiro atoms. The first-order chi connectivity index (χ1) is 7.69. The van der Waals surface area contributed by atoms with E-state index in [-0.39, 0.29) is 18.4 Å². The van der Waals surface area contributed by atoms with Crippen molar-refractivity contribution in [3.8, 4) is 17.2 Å². The Hall–Kier alpha value is -1.17. The lowest BCUT2D eigenvalue weighted by Crippen LogP contribution is -2.21. The highest BCUT2D eigenvalue weighted by atomic mass is 35.5. The van der Waals surface area contributed by atoms with Crippen molar-refractivity contribution in [3.63, 3.8) is 0 Å². The summed E-state index contributed by atoms with van der Waals surface area (Å²) < 4.78 is 15.7. The predicted molar refractivity (Wildman–Crippen MR) is 69.3 cm³/mol. The van der Waals surface area contributed by atoms with E-state index < -0.39 is 0 Å². The van der Waals surface area contributed by atoms with Gasteiger partial charge in [-0.05, 0) is 12.1 Å². The predicted octanol–water partition coefficient (Wildman–Crippen LogP) is 1.09. The van der Waals surface area contributed by atoms with Gasteiger partial charge in [0.2, 0.25) is 5.75 Å². The Morgan fingerprint density at radius 2 is 1.65 bits per heavy atom. The number of hydrogen-bond acceptors (Lipinski definition) is 5. The topological polar surface area (TPSA) is 79.7 Å².